The predicted octanol–water partition coefficient (Wildman–Crippen LogP) is 2.30. The summed E-state index contributed by atoms with van der Waals surface area (Å²) in [6.07, 6.45) is 3.84. The third-order valence-corrected chi connectivity index (χ3v) is 2.65. The average molecular weight is 245 g/mol. The van der Waals surface area contributed by atoms with Gasteiger partial charge < -0.3 is 10.5 Å². The number of aromatic nitrogens is 2. The molecule has 0 aliphatic carbocycles. The van der Waals surface area contributed by atoms with Crippen LogP contribution in [0, 0.1) is 0 Å². The number of nitrogens with two attached hydrogens (primary N) is 1. The van der Waals surface area contributed by atoms with Crippen molar-refractivity contribution in [1.29, 1.82) is 0 Å². The minimum atomic E-state index is -0.0949. The number of hydrogen-bond acceptors (Lipinski definition) is 3. The van der Waals surface area contributed by atoms with Gasteiger partial charge in [0.2, 0.25) is 0 Å². The third kappa shape index (κ3) is 2.97. The Morgan fingerprint density at radius 1 is 1.28 bits per heavy atom. The van der Waals surface area contributed by atoms with Crippen LogP contribution in [0.1, 0.15) is 25.5 Å². The first-order valence-electron chi connectivity index (χ1n) is 6.16. The first-order valence-corrected chi connectivity index (χ1v) is 6.16. The molecule has 0 amide bonds. The zero-order chi connectivity index (χ0) is 13.0. The van der Waals surface area contributed by atoms with Gasteiger partial charge in [-0.3, -0.25) is 0 Å². The summed E-state index contributed by atoms with van der Waals surface area (Å²) in [4.78, 5) is 0. The lowest BCUT2D eigenvalue weighted by Crippen LogP contribution is -2.18. The number of rotatable bonds is 5. The van der Waals surface area contributed by atoms with Crippen LogP contribution in [0.15, 0.2) is 42.7 Å². The largest absolute Gasteiger partial charge is 0.369 e. The molecule has 0 spiro atoms. The normalized spacial score (nSPS) is 12.9. The minimum absolute atomic E-state index is 0.0949. The molecule has 1 unspecified atom stereocenters. The van der Waals surface area contributed by atoms with Gasteiger partial charge in [-0.1, -0.05) is 18.2 Å². The van der Waals surface area contributed by atoms with Crippen molar-refractivity contribution in [3.8, 4) is 5.69 Å². The number of para-hydroxylation sites is 1. The van der Waals surface area contributed by atoms with E-state index in [2.05, 4.69) is 5.10 Å². The molecule has 0 radical (unpaired) electrons. The Morgan fingerprint density at radius 2 is 2.00 bits per heavy atom. The lowest BCUT2D eigenvalue weighted by atomic mass is 10.2. The molecule has 0 fully saturated rings. The molecule has 2 aromatic rings. The molecule has 1 heterocycles. The second-order valence-corrected chi connectivity index (χ2v) is 4.46. The van der Waals surface area contributed by atoms with Crippen molar-refractivity contribution in [2.24, 2.45) is 5.73 Å². The molecule has 1 aromatic carbocycles. The highest BCUT2D eigenvalue weighted by molar-refractivity contribution is 5.31. The quantitative estimate of drug-likeness (QED) is 0.879. The van der Waals surface area contributed by atoms with Crippen LogP contribution in [-0.4, -0.2) is 22.4 Å². The molecular weight excluding hydrogens is 226 g/mol. The highest BCUT2D eigenvalue weighted by atomic mass is 16.5. The van der Waals surface area contributed by atoms with E-state index in [1.54, 1.807) is 0 Å². The van der Waals surface area contributed by atoms with Gasteiger partial charge in [-0.15, -0.1) is 0 Å². The van der Waals surface area contributed by atoms with Gasteiger partial charge in [0.15, 0.2) is 0 Å². The third-order valence-electron chi connectivity index (χ3n) is 2.65. The molecule has 96 valence electrons. The van der Waals surface area contributed by atoms with Crippen LogP contribution in [0.4, 0.5) is 0 Å². The summed E-state index contributed by atoms with van der Waals surface area (Å²) in [7, 11) is 0. The summed E-state index contributed by atoms with van der Waals surface area (Å²) in [5.41, 5.74) is 7.78. The summed E-state index contributed by atoms with van der Waals surface area (Å²) in [5, 5.41) is 4.34. The fourth-order valence-electron chi connectivity index (χ4n) is 1.82. The molecule has 18 heavy (non-hydrogen) atoms. The molecule has 1 atom stereocenters. The lowest BCUT2D eigenvalue weighted by molar-refractivity contribution is 0.0119. The first kappa shape index (κ1) is 12.8. The van der Waals surface area contributed by atoms with E-state index in [0.29, 0.717) is 6.54 Å². The standard InChI is InChI=1S/C14H19N3O/c1-11(2)18-14(8-15)12-9-16-17(10-12)13-6-4-3-5-7-13/h3-7,9-11,14H,8,15H2,1-2H3. The second kappa shape index (κ2) is 5.80. The van der Waals surface area contributed by atoms with E-state index < -0.39 is 0 Å². The molecule has 2 N–H and O–H groups in total. The Morgan fingerprint density at radius 3 is 2.61 bits per heavy atom. The monoisotopic (exact) mass is 245 g/mol. The summed E-state index contributed by atoms with van der Waals surface area (Å²) in [6.45, 7) is 4.47. The second-order valence-electron chi connectivity index (χ2n) is 4.46. The van der Waals surface area contributed by atoms with Crippen molar-refractivity contribution in [2.75, 3.05) is 6.54 Å². The number of ether oxygens (including phenoxy) is 1. The number of benzene rings is 1. The fourth-order valence-corrected chi connectivity index (χ4v) is 1.82. The van der Waals surface area contributed by atoms with E-state index in [1.807, 2.05) is 61.3 Å². The first-order chi connectivity index (χ1) is 8.70. The van der Waals surface area contributed by atoms with E-state index in [1.165, 1.54) is 0 Å². The predicted molar refractivity (Wildman–Crippen MR) is 71.6 cm³/mol. The maximum Gasteiger partial charge on any atom is 0.0980 e. The van der Waals surface area contributed by atoms with Gasteiger partial charge in [-0.2, -0.15) is 5.10 Å². The number of hydrogen-bond donors (Lipinski definition) is 1. The Kier molecular flexibility index (Phi) is 4.12. The molecule has 4 heteroatoms. The van der Waals surface area contributed by atoms with E-state index in [4.69, 9.17) is 10.5 Å². The highest BCUT2D eigenvalue weighted by Crippen LogP contribution is 2.18. The van der Waals surface area contributed by atoms with Crippen LogP contribution in [0.25, 0.3) is 5.69 Å². The van der Waals surface area contributed by atoms with Gasteiger partial charge in [0.05, 0.1) is 24.1 Å². The summed E-state index contributed by atoms with van der Waals surface area (Å²) in [6, 6.07) is 9.98. The van der Waals surface area contributed by atoms with E-state index in [0.717, 1.165) is 11.3 Å². The topological polar surface area (TPSA) is 53.1 Å². The zero-order valence-corrected chi connectivity index (χ0v) is 10.8. The van der Waals surface area contributed by atoms with Gasteiger partial charge in [-0.25, -0.2) is 4.68 Å². The molecule has 0 aliphatic heterocycles. The van der Waals surface area contributed by atoms with Crippen molar-refractivity contribution in [1.82, 2.24) is 9.78 Å². The Labute approximate surface area is 107 Å². The number of nitrogens with zero attached hydrogens (tertiary/aromatic N) is 2. The van der Waals surface area contributed by atoms with Crippen molar-refractivity contribution in [3.63, 3.8) is 0 Å². The van der Waals surface area contributed by atoms with Gasteiger partial charge >= 0.3 is 0 Å². The molecule has 1 aromatic heterocycles. The van der Waals surface area contributed by atoms with Gasteiger partial charge in [-0.05, 0) is 26.0 Å². The zero-order valence-electron chi connectivity index (χ0n) is 10.8. The average Bonchev–Trinajstić information content (AvgIpc) is 2.86. The molecular formula is C14H19N3O. The highest BCUT2D eigenvalue weighted by Gasteiger charge is 2.14. The summed E-state index contributed by atoms with van der Waals surface area (Å²) in [5.74, 6) is 0. The molecule has 2 rings (SSSR count). The van der Waals surface area contributed by atoms with E-state index >= 15 is 0 Å². The Hall–Kier alpha value is -1.65. The van der Waals surface area contributed by atoms with Gasteiger partial charge in [0.25, 0.3) is 0 Å². The van der Waals surface area contributed by atoms with Crippen molar-refractivity contribution in [3.05, 3.63) is 48.3 Å². The summed E-state index contributed by atoms with van der Waals surface area (Å²) < 4.78 is 7.59. The van der Waals surface area contributed by atoms with Crippen molar-refractivity contribution >= 4 is 0 Å². The van der Waals surface area contributed by atoms with Crippen LogP contribution in [0.2, 0.25) is 0 Å². The van der Waals surface area contributed by atoms with Crippen LogP contribution in [-0.2, 0) is 4.74 Å². The van der Waals surface area contributed by atoms with Crippen molar-refractivity contribution < 1.29 is 4.74 Å². The fraction of sp³-hybridized carbons (Fsp3) is 0.357. The van der Waals surface area contributed by atoms with Crippen molar-refractivity contribution in [2.45, 2.75) is 26.1 Å². The molecule has 0 aliphatic rings. The maximum absolute atomic E-state index is 5.76. The molecule has 4 nitrogen and oxygen atoms in total. The molecule has 0 saturated carbocycles. The van der Waals surface area contributed by atoms with Crippen LogP contribution >= 0.6 is 0 Å². The maximum atomic E-state index is 5.76. The van der Waals surface area contributed by atoms with Crippen LogP contribution in [0.5, 0.6) is 0 Å². The lowest BCUT2D eigenvalue weighted by Gasteiger charge is -2.17. The minimum Gasteiger partial charge on any atom is -0.369 e. The van der Waals surface area contributed by atoms with Gasteiger partial charge in [0, 0.05) is 18.3 Å². The van der Waals surface area contributed by atoms with E-state index in [-0.39, 0.29) is 12.2 Å². The molecule has 0 saturated heterocycles. The Bertz CT molecular complexity index is 479. The summed E-state index contributed by atoms with van der Waals surface area (Å²) >= 11 is 0. The van der Waals surface area contributed by atoms with Gasteiger partial charge in [0.1, 0.15) is 0 Å². The van der Waals surface area contributed by atoms with Crippen LogP contribution < -0.4 is 5.73 Å². The Balaban J connectivity index is 2.19. The molecule has 0 bridgehead atoms. The smallest absolute Gasteiger partial charge is 0.0980 e. The SMILES string of the molecule is CC(C)OC(CN)c1cnn(-c2ccccc2)c1. The van der Waals surface area contributed by atoms with Crippen LogP contribution in [0.3, 0.4) is 0 Å². The van der Waals surface area contributed by atoms with E-state index in [9.17, 15) is 0 Å².